The molecule has 0 atom stereocenters. The zero-order chi connectivity index (χ0) is 14.7. The van der Waals surface area contributed by atoms with E-state index < -0.39 is 0 Å². The fraction of sp³-hybridized carbons (Fsp3) is 0. The number of fused-ring (bicyclic) bond motifs is 2. The van der Waals surface area contributed by atoms with Gasteiger partial charge >= 0.3 is 5.71 Å². The van der Waals surface area contributed by atoms with E-state index in [9.17, 15) is 4.79 Å². The van der Waals surface area contributed by atoms with Crippen molar-refractivity contribution >= 4 is 33.0 Å². The van der Waals surface area contributed by atoms with Crippen LogP contribution < -0.4 is 10.5 Å². The predicted molar refractivity (Wildman–Crippen MR) is 85.0 cm³/mol. The Labute approximate surface area is 124 Å². The van der Waals surface area contributed by atoms with Gasteiger partial charge in [-0.3, -0.25) is 4.79 Å². The number of benzene rings is 2. The fourth-order valence-electron chi connectivity index (χ4n) is 3.09. The molecule has 0 aliphatic carbocycles. The third kappa shape index (κ3) is 1.41. The lowest BCUT2D eigenvalue weighted by atomic mass is 10.0. The molecule has 3 aromatic heterocycles. The number of aromatic nitrogens is 2. The van der Waals surface area contributed by atoms with E-state index in [-0.39, 0.29) is 5.56 Å². The van der Waals surface area contributed by atoms with Crippen LogP contribution in [-0.4, -0.2) is 4.98 Å². The van der Waals surface area contributed by atoms with Crippen molar-refractivity contribution in [3.05, 3.63) is 65.1 Å². The van der Waals surface area contributed by atoms with Crippen LogP contribution in [0.4, 0.5) is 0 Å². The normalized spacial score (nSPS) is 11.8. The van der Waals surface area contributed by atoms with Crippen LogP contribution in [0.25, 0.3) is 44.1 Å². The number of hydrogen-bond acceptors (Lipinski definition) is 2. The third-order valence-corrected chi connectivity index (χ3v) is 4.15. The molecule has 5 rings (SSSR count). The molecule has 0 radical (unpaired) electrons. The zero-order valence-electron chi connectivity index (χ0n) is 11.5. The van der Waals surface area contributed by atoms with Gasteiger partial charge in [0.05, 0.1) is 5.52 Å². The number of aromatic amines is 2. The van der Waals surface area contributed by atoms with Gasteiger partial charge in [-0.05, 0) is 23.3 Å². The van der Waals surface area contributed by atoms with Crippen molar-refractivity contribution in [3.63, 3.8) is 0 Å². The number of nitrogens with one attached hydrogen (secondary N) is 2. The summed E-state index contributed by atoms with van der Waals surface area (Å²) < 4.78 is 5.95. The van der Waals surface area contributed by atoms with Gasteiger partial charge in [0.2, 0.25) is 0 Å². The standard InChI is InChI=1S/C18H10N2O2/c21-17-13-9-19-18-15(13)16(20-17)12-7-6-11(8-14(12)22-18)10-4-2-1-3-5-10/h1-9H,(H,20,21)/p+1. The highest BCUT2D eigenvalue weighted by molar-refractivity contribution is 6.15. The van der Waals surface area contributed by atoms with Crippen LogP contribution in [0.3, 0.4) is 0 Å². The first-order valence-electron chi connectivity index (χ1n) is 7.09. The van der Waals surface area contributed by atoms with Crippen molar-refractivity contribution in [2.45, 2.75) is 0 Å². The molecule has 4 nitrogen and oxygen atoms in total. The van der Waals surface area contributed by atoms with Gasteiger partial charge in [0.1, 0.15) is 16.4 Å². The van der Waals surface area contributed by atoms with Crippen molar-refractivity contribution in [1.82, 2.24) is 4.98 Å². The van der Waals surface area contributed by atoms with Crippen molar-refractivity contribution in [2.75, 3.05) is 0 Å². The monoisotopic (exact) mass is 287 g/mol. The van der Waals surface area contributed by atoms with E-state index in [4.69, 9.17) is 4.42 Å². The highest BCUT2D eigenvalue weighted by atomic mass is 16.3. The maximum Gasteiger partial charge on any atom is 0.382 e. The van der Waals surface area contributed by atoms with Gasteiger partial charge in [-0.2, -0.15) is 4.98 Å². The largest absolute Gasteiger partial charge is 0.404 e. The number of H-pyrrole nitrogens is 2. The number of hydrogen-bond donors (Lipinski definition) is 1. The van der Waals surface area contributed by atoms with E-state index >= 15 is 0 Å². The summed E-state index contributed by atoms with van der Waals surface area (Å²) in [5, 5.41) is 2.40. The molecule has 0 fully saturated rings. The fourth-order valence-corrected chi connectivity index (χ4v) is 3.09. The summed E-state index contributed by atoms with van der Waals surface area (Å²) in [5.41, 5.74) is 4.33. The molecular weight excluding hydrogens is 276 g/mol. The first-order chi connectivity index (χ1) is 10.8. The molecule has 22 heavy (non-hydrogen) atoms. The quantitative estimate of drug-likeness (QED) is 0.514. The van der Waals surface area contributed by atoms with Crippen LogP contribution in [0, 0.1) is 0 Å². The van der Waals surface area contributed by atoms with Crippen LogP contribution in [0.15, 0.2) is 63.9 Å². The van der Waals surface area contributed by atoms with Gasteiger partial charge in [0.25, 0.3) is 5.56 Å². The molecule has 0 aliphatic rings. The summed E-state index contributed by atoms with van der Waals surface area (Å²) in [5.74, 6) is 0. The Morgan fingerprint density at radius 1 is 0.955 bits per heavy atom. The van der Waals surface area contributed by atoms with Crippen molar-refractivity contribution in [3.8, 4) is 11.1 Å². The number of rotatable bonds is 1. The van der Waals surface area contributed by atoms with Gasteiger partial charge in [-0.15, -0.1) is 0 Å². The highest BCUT2D eigenvalue weighted by Crippen LogP contribution is 2.32. The zero-order valence-corrected chi connectivity index (χ0v) is 11.5. The minimum absolute atomic E-state index is 0.0870. The summed E-state index contributed by atoms with van der Waals surface area (Å²) >= 11 is 0. The Kier molecular flexibility index (Phi) is 2.07. The lowest BCUT2D eigenvalue weighted by Crippen LogP contribution is -2.00. The molecule has 0 amide bonds. The van der Waals surface area contributed by atoms with Crippen LogP contribution in [0.1, 0.15) is 0 Å². The lowest BCUT2D eigenvalue weighted by Gasteiger charge is -2.03. The Bertz CT molecular complexity index is 1190. The van der Waals surface area contributed by atoms with Gasteiger partial charge < -0.3 is 9.40 Å². The molecule has 0 saturated carbocycles. The molecule has 0 unspecified atom stereocenters. The summed E-state index contributed by atoms with van der Waals surface area (Å²) in [7, 11) is 0. The average Bonchev–Trinajstić information content (AvgIpc) is 3.12. The van der Waals surface area contributed by atoms with E-state index in [1.807, 2.05) is 36.4 Å². The average molecular weight is 287 g/mol. The van der Waals surface area contributed by atoms with E-state index in [2.05, 4.69) is 22.1 Å². The molecule has 2 aromatic carbocycles. The summed E-state index contributed by atoms with van der Waals surface area (Å²) in [4.78, 5) is 17.9. The van der Waals surface area contributed by atoms with Crippen molar-refractivity contribution in [1.29, 1.82) is 0 Å². The van der Waals surface area contributed by atoms with Crippen LogP contribution in [-0.2, 0) is 0 Å². The third-order valence-electron chi connectivity index (χ3n) is 4.15. The smallest absolute Gasteiger partial charge is 0.382 e. The van der Waals surface area contributed by atoms with Crippen molar-refractivity contribution < 1.29 is 9.40 Å². The van der Waals surface area contributed by atoms with E-state index in [0.29, 0.717) is 11.1 Å². The first kappa shape index (κ1) is 11.5. The van der Waals surface area contributed by atoms with Crippen LogP contribution >= 0.6 is 0 Å². The second-order valence-corrected chi connectivity index (χ2v) is 5.41. The molecule has 104 valence electrons. The molecule has 0 spiro atoms. The van der Waals surface area contributed by atoms with E-state index in [1.165, 1.54) is 0 Å². The molecule has 3 heterocycles. The predicted octanol–water partition coefficient (Wildman–Crippen LogP) is 3.35. The Hall–Kier alpha value is -3.14. The SMILES string of the molecule is O=c1[nH]c2c3ccc(-c4ccccc4)cc3oc3[nH+]cc1c32. The lowest BCUT2D eigenvalue weighted by molar-refractivity contribution is -0.351. The second-order valence-electron chi connectivity index (χ2n) is 5.41. The maximum atomic E-state index is 12.0. The van der Waals surface area contributed by atoms with E-state index in [1.54, 1.807) is 6.20 Å². The maximum absolute atomic E-state index is 12.0. The molecule has 0 bridgehead atoms. The molecule has 5 aromatic rings. The van der Waals surface area contributed by atoms with E-state index in [0.717, 1.165) is 33.0 Å². The van der Waals surface area contributed by atoms with Gasteiger partial charge in [0.15, 0.2) is 6.20 Å². The van der Waals surface area contributed by atoms with Gasteiger partial charge in [0, 0.05) is 5.39 Å². The first-order valence-corrected chi connectivity index (χ1v) is 7.09. The highest BCUT2D eigenvalue weighted by Gasteiger charge is 2.21. The van der Waals surface area contributed by atoms with Gasteiger partial charge in [-0.25, -0.2) is 0 Å². The molecular formula is C18H11N2O2+. The summed E-state index contributed by atoms with van der Waals surface area (Å²) in [6.07, 6.45) is 1.69. The minimum Gasteiger partial charge on any atom is -0.404 e. The van der Waals surface area contributed by atoms with Crippen molar-refractivity contribution in [2.24, 2.45) is 0 Å². The molecule has 2 N–H and O–H groups in total. The molecule has 0 saturated heterocycles. The van der Waals surface area contributed by atoms with Crippen LogP contribution in [0.2, 0.25) is 0 Å². The van der Waals surface area contributed by atoms with Crippen LogP contribution in [0.5, 0.6) is 0 Å². The molecule has 4 heteroatoms. The summed E-state index contributed by atoms with van der Waals surface area (Å²) in [6, 6.07) is 16.2. The minimum atomic E-state index is -0.0870. The summed E-state index contributed by atoms with van der Waals surface area (Å²) in [6.45, 7) is 0. The second kappa shape index (κ2) is 3.95. The van der Waals surface area contributed by atoms with Gasteiger partial charge in [-0.1, -0.05) is 36.4 Å². The Balaban J connectivity index is 1.90. The Morgan fingerprint density at radius 2 is 1.82 bits per heavy atom. The topological polar surface area (TPSA) is 60.1 Å². The molecule has 0 aliphatic heterocycles. The Morgan fingerprint density at radius 3 is 2.68 bits per heavy atom.